The zero-order valence-corrected chi connectivity index (χ0v) is 18.3. The maximum atomic E-state index is 12.2. The first-order valence-corrected chi connectivity index (χ1v) is 10.7. The number of hydrogen-bond acceptors (Lipinski definition) is 2. The third-order valence-electron chi connectivity index (χ3n) is 5.23. The molecule has 30 heavy (non-hydrogen) atoms. The van der Waals surface area contributed by atoms with E-state index in [4.69, 9.17) is 4.99 Å². The Morgan fingerprint density at radius 1 is 1.13 bits per heavy atom. The highest BCUT2D eigenvalue weighted by Gasteiger charge is 2.16. The Kier molecular flexibility index (Phi) is 7.66. The molecule has 0 saturated carbocycles. The number of carbonyl (C=O) groups excluding carboxylic acids is 1. The average Bonchev–Trinajstić information content (AvgIpc) is 2.79. The van der Waals surface area contributed by atoms with Crippen molar-refractivity contribution in [3.8, 4) is 0 Å². The lowest BCUT2D eigenvalue weighted by Gasteiger charge is -2.30. The molecule has 1 aliphatic rings. The molecule has 158 valence electrons. The van der Waals surface area contributed by atoms with Crippen molar-refractivity contribution in [1.82, 2.24) is 15.1 Å². The van der Waals surface area contributed by atoms with Crippen molar-refractivity contribution in [2.24, 2.45) is 4.99 Å². The lowest BCUT2D eigenvalue weighted by Crippen LogP contribution is -2.43. The topological polar surface area (TPSA) is 47.9 Å². The molecule has 0 aromatic heterocycles. The lowest BCUT2D eigenvalue weighted by molar-refractivity contribution is 0.0827. The predicted octanol–water partition coefficient (Wildman–Crippen LogP) is 3.69. The smallest absolute Gasteiger partial charge is 0.253 e. The van der Waals surface area contributed by atoms with Gasteiger partial charge in [0.25, 0.3) is 5.91 Å². The summed E-state index contributed by atoms with van der Waals surface area (Å²) in [5.41, 5.74) is 4.58. The normalized spacial score (nSPS) is 14.3. The second-order valence-electron chi connectivity index (χ2n) is 7.68. The zero-order valence-electron chi connectivity index (χ0n) is 18.3. The quantitative estimate of drug-likeness (QED) is 0.590. The van der Waals surface area contributed by atoms with E-state index in [2.05, 4.69) is 59.6 Å². The molecule has 0 bridgehead atoms. The molecule has 0 saturated heterocycles. The molecule has 0 aliphatic carbocycles. The van der Waals surface area contributed by atoms with Crippen molar-refractivity contribution in [1.29, 1.82) is 0 Å². The monoisotopic (exact) mass is 404 g/mol. The number of benzene rings is 2. The van der Waals surface area contributed by atoms with Gasteiger partial charge in [0.2, 0.25) is 0 Å². The number of nitrogens with one attached hydrogen (secondary N) is 1. The number of aliphatic imine (C=N–C) groups is 1. The van der Waals surface area contributed by atoms with Gasteiger partial charge in [-0.05, 0) is 48.6 Å². The van der Waals surface area contributed by atoms with Crippen molar-refractivity contribution >= 4 is 17.4 Å². The minimum atomic E-state index is 0.0306. The summed E-state index contributed by atoms with van der Waals surface area (Å²) in [5.74, 6) is 0.990. The fraction of sp³-hybridized carbons (Fsp3) is 0.360. The van der Waals surface area contributed by atoms with Crippen molar-refractivity contribution in [3.05, 3.63) is 77.4 Å². The van der Waals surface area contributed by atoms with E-state index in [0.717, 1.165) is 49.6 Å². The molecular weight excluding hydrogens is 372 g/mol. The molecule has 0 radical (unpaired) electrons. The van der Waals surface area contributed by atoms with Gasteiger partial charge in [0, 0.05) is 45.8 Å². The molecule has 0 spiro atoms. The first-order chi connectivity index (χ1) is 14.6. The minimum Gasteiger partial charge on any atom is -0.357 e. The Hall–Kier alpha value is -3.08. The van der Waals surface area contributed by atoms with Gasteiger partial charge in [0.15, 0.2) is 5.96 Å². The molecule has 2 aromatic rings. The summed E-state index contributed by atoms with van der Waals surface area (Å²) in [6, 6.07) is 18.4. The van der Waals surface area contributed by atoms with Crippen LogP contribution in [0, 0.1) is 0 Å². The summed E-state index contributed by atoms with van der Waals surface area (Å²) in [5, 5.41) is 3.42. The molecule has 5 nitrogen and oxygen atoms in total. The SMILES string of the molecule is CCNC(=NCCc1cccc(C(=O)N(C)C)c1)N1CC=C(c2ccccc2)CC1. The average molecular weight is 405 g/mol. The molecule has 1 heterocycles. The van der Waals surface area contributed by atoms with E-state index < -0.39 is 0 Å². The second-order valence-corrected chi connectivity index (χ2v) is 7.68. The maximum absolute atomic E-state index is 12.2. The van der Waals surface area contributed by atoms with E-state index in [1.165, 1.54) is 11.1 Å². The van der Waals surface area contributed by atoms with Crippen LogP contribution in [0.15, 0.2) is 65.7 Å². The standard InChI is InChI=1S/C25H32N4O/c1-4-26-25(29-17-14-22(15-18-29)21-10-6-5-7-11-21)27-16-13-20-9-8-12-23(19-20)24(30)28(2)3/h5-12,14,19H,4,13,15-18H2,1-3H3,(H,26,27). The zero-order chi connectivity index (χ0) is 21.3. The highest BCUT2D eigenvalue weighted by atomic mass is 16.2. The third-order valence-corrected chi connectivity index (χ3v) is 5.23. The van der Waals surface area contributed by atoms with Gasteiger partial charge in [-0.3, -0.25) is 9.79 Å². The van der Waals surface area contributed by atoms with Crippen LogP contribution in [0.2, 0.25) is 0 Å². The number of guanidine groups is 1. The van der Waals surface area contributed by atoms with E-state index in [1.807, 2.05) is 18.2 Å². The van der Waals surface area contributed by atoms with Crippen LogP contribution >= 0.6 is 0 Å². The van der Waals surface area contributed by atoms with Crippen molar-refractivity contribution in [3.63, 3.8) is 0 Å². The highest BCUT2D eigenvalue weighted by Crippen LogP contribution is 2.22. The van der Waals surface area contributed by atoms with Crippen LogP contribution in [0.5, 0.6) is 0 Å². The van der Waals surface area contributed by atoms with E-state index >= 15 is 0 Å². The van der Waals surface area contributed by atoms with Crippen molar-refractivity contribution in [2.75, 3.05) is 40.3 Å². The van der Waals surface area contributed by atoms with Gasteiger partial charge >= 0.3 is 0 Å². The number of hydrogen-bond donors (Lipinski definition) is 1. The molecule has 1 amide bonds. The number of carbonyl (C=O) groups is 1. The Morgan fingerprint density at radius 2 is 1.93 bits per heavy atom. The summed E-state index contributed by atoms with van der Waals surface area (Å²) in [6.07, 6.45) is 4.13. The molecule has 0 unspecified atom stereocenters. The van der Waals surface area contributed by atoms with Crippen LogP contribution in [-0.2, 0) is 6.42 Å². The van der Waals surface area contributed by atoms with Crippen LogP contribution in [0.3, 0.4) is 0 Å². The number of nitrogens with zero attached hydrogens (tertiary/aromatic N) is 3. The Bertz CT molecular complexity index is 902. The van der Waals surface area contributed by atoms with Crippen LogP contribution in [0.1, 0.15) is 34.8 Å². The molecule has 3 rings (SSSR count). The minimum absolute atomic E-state index is 0.0306. The molecular formula is C25H32N4O. The van der Waals surface area contributed by atoms with Crippen LogP contribution in [0.4, 0.5) is 0 Å². The summed E-state index contributed by atoms with van der Waals surface area (Å²) in [7, 11) is 3.55. The third kappa shape index (κ3) is 5.72. The largest absolute Gasteiger partial charge is 0.357 e. The Morgan fingerprint density at radius 3 is 2.60 bits per heavy atom. The van der Waals surface area contributed by atoms with E-state index in [1.54, 1.807) is 19.0 Å². The van der Waals surface area contributed by atoms with Gasteiger partial charge in [0.05, 0.1) is 0 Å². The maximum Gasteiger partial charge on any atom is 0.253 e. The highest BCUT2D eigenvalue weighted by molar-refractivity contribution is 5.94. The predicted molar refractivity (Wildman–Crippen MR) is 125 cm³/mol. The van der Waals surface area contributed by atoms with Gasteiger partial charge < -0.3 is 15.1 Å². The first-order valence-electron chi connectivity index (χ1n) is 10.7. The second kappa shape index (κ2) is 10.6. The molecule has 0 atom stereocenters. The summed E-state index contributed by atoms with van der Waals surface area (Å²) in [6.45, 7) is 5.45. The Balaban J connectivity index is 1.62. The van der Waals surface area contributed by atoms with Gasteiger partial charge in [-0.25, -0.2) is 0 Å². The molecule has 1 aliphatic heterocycles. The van der Waals surface area contributed by atoms with E-state index in [-0.39, 0.29) is 5.91 Å². The number of rotatable bonds is 6. The summed E-state index contributed by atoms with van der Waals surface area (Å²) >= 11 is 0. The van der Waals surface area contributed by atoms with Gasteiger partial charge in [-0.15, -0.1) is 0 Å². The number of amides is 1. The Labute approximate surface area is 180 Å². The van der Waals surface area contributed by atoms with E-state index in [9.17, 15) is 4.79 Å². The van der Waals surface area contributed by atoms with Gasteiger partial charge in [-0.1, -0.05) is 48.5 Å². The summed E-state index contributed by atoms with van der Waals surface area (Å²) in [4.78, 5) is 20.9. The van der Waals surface area contributed by atoms with Gasteiger partial charge in [0.1, 0.15) is 0 Å². The van der Waals surface area contributed by atoms with Crippen LogP contribution in [-0.4, -0.2) is 61.9 Å². The fourth-order valence-corrected chi connectivity index (χ4v) is 3.61. The van der Waals surface area contributed by atoms with Crippen LogP contribution in [0.25, 0.3) is 5.57 Å². The van der Waals surface area contributed by atoms with Gasteiger partial charge in [-0.2, -0.15) is 0 Å². The van der Waals surface area contributed by atoms with Crippen molar-refractivity contribution < 1.29 is 4.79 Å². The van der Waals surface area contributed by atoms with Crippen molar-refractivity contribution in [2.45, 2.75) is 19.8 Å². The van der Waals surface area contributed by atoms with E-state index in [0.29, 0.717) is 6.54 Å². The molecule has 0 fully saturated rings. The lowest BCUT2D eigenvalue weighted by atomic mass is 10.00. The van der Waals surface area contributed by atoms with Crippen LogP contribution < -0.4 is 5.32 Å². The summed E-state index contributed by atoms with van der Waals surface area (Å²) < 4.78 is 0. The first kappa shape index (κ1) is 21.6. The molecule has 5 heteroatoms. The molecule has 1 N–H and O–H groups in total. The fourth-order valence-electron chi connectivity index (χ4n) is 3.61. The molecule has 2 aromatic carbocycles.